The minimum atomic E-state index is -1.00. The van der Waals surface area contributed by atoms with Crippen molar-refractivity contribution in [2.24, 2.45) is 0 Å². The predicted molar refractivity (Wildman–Crippen MR) is 104 cm³/mol. The Morgan fingerprint density at radius 1 is 0.680 bits per heavy atom. The van der Waals surface area contributed by atoms with Gasteiger partial charge in [0.15, 0.2) is 0 Å². The number of aryl methyl sites for hydroxylation is 4. The Balaban J connectivity index is 1.65. The first-order valence-corrected chi connectivity index (χ1v) is 10.2. The maximum atomic E-state index is 13.1. The number of benzene rings is 3. The van der Waals surface area contributed by atoms with Crippen molar-refractivity contribution in [3.63, 3.8) is 0 Å². The molecule has 3 aromatic carbocycles. The smallest absolute Gasteiger partial charge is 0.0577 e. The van der Waals surface area contributed by atoms with E-state index in [0.29, 0.717) is 5.75 Å². The van der Waals surface area contributed by atoms with E-state index in [9.17, 15) is 4.21 Å². The van der Waals surface area contributed by atoms with E-state index in [0.717, 1.165) is 36.1 Å². The monoisotopic (exact) mass is 346 g/mol. The molecule has 0 N–H and O–H groups in total. The fraction of sp³-hybridized carbons (Fsp3) is 0.217. The van der Waals surface area contributed by atoms with Gasteiger partial charge >= 0.3 is 0 Å². The van der Waals surface area contributed by atoms with Gasteiger partial charge in [0.1, 0.15) is 0 Å². The molecule has 2 heteroatoms. The highest BCUT2D eigenvalue weighted by molar-refractivity contribution is 7.84. The van der Waals surface area contributed by atoms with Gasteiger partial charge in [0, 0.05) is 4.90 Å². The van der Waals surface area contributed by atoms with Crippen LogP contribution in [0.25, 0.3) is 0 Å². The van der Waals surface area contributed by atoms with Crippen LogP contribution in [0.3, 0.4) is 0 Å². The van der Waals surface area contributed by atoms with Gasteiger partial charge in [0.05, 0.1) is 16.6 Å². The summed E-state index contributed by atoms with van der Waals surface area (Å²) in [7, 11) is -1.00. The first-order chi connectivity index (χ1) is 12.3. The van der Waals surface area contributed by atoms with Gasteiger partial charge in [0.25, 0.3) is 0 Å². The zero-order chi connectivity index (χ0) is 17.1. The van der Waals surface area contributed by atoms with E-state index in [-0.39, 0.29) is 0 Å². The van der Waals surface area contributed by atoms with E-state index in [1.54, 1.807) is 0 Å². The second-order valence-electron chi connectivity index (χ2n) is 6.73. The second kappa shape index (κ2) is 7.37. The van der Waals surface area contributed by atoms with Crippen LogP contribution in [-0.2, 0) is 42.2 Å². The molecule has 0 saturated carbocycles. The Hall–Kier alpha value is -2.19. The molecule has 3 aromatic rings. The predicted octanol–water partition coefficient (Wildman–Crippen LogP) is 4.88. The van der Waals surface area contributed by atoms with Crippen LogP contribution in [0.2, 0.25) is 0 Å². The van der Waals surface area contributed by atoms with E-state index in [1.165, 1.54) is 22.3 Å². The molecule has 4 aliphatic carbocycles. The van der Waals surface area contributed by atoms with Crippen LogP contribution in [0.15, 0.2) is 77.7 Å². The lowest BCUT2D eigenvalue weighted by Crippen LogP contribution is -2.05. The molecule has 0 spiro atoms. The van der Waals surface area contributed by atoms with E-state index in [2.05, 4.69) is 54.6 Å². The first-order valence-electron chi connectivity index (χ1n) is 8.90. The molecule has 126 valence electrons. The van der Waals surface area contributed by atoms with Crippen molar-refractivity contribution in [2.75, 3.05) is 0 Å². The standard InChI is InChI=1S/C23H22OS/c24-25(17-21-4-2-1-3-5-21)23-16-20-11-10-18-6-8-19(9-7-18)12-14-22(23)15-13-20/h1-9,13,15-16H,10-12,14,17H2. The Labute approximate surface area is 152 Å². The van der Waals surface area contributed by atoms with Crippen LogP contribution in [0.5, 0.6) is 0 Å². The highest BCUT2D eigenvalue weighted by atomic mass is 32.2. The minimum Gasteiger partial charge on any atom is -0.254 e. The van der Waals surface area contributed by atoms with Crippen molar-refractivity contribution in [2.45, 2.75) is 36.3 Å². The molecule has 7 rings (SSSR count). The third-order valence-electron chi connectivity index (χ3n) is 4.93. The summed E-state index contributed by atoms with van der Waals surface area (Å²) in [4.78, 5) is 1.02. The number of hydrogen-bond donors (Lipinski definition) is 0. The Morgan fingerprint density at radius 3 is 2.00 bits per heavy atom. The minimum absolute atomic E-state index is 0.588. The SMILES string of the molecule is O=S(Cc1ccccc1)c1cc2ccc1CCc1ccc(cc1)CC2. The summed E-state index contributed by atoms with van der Waals surface area (Å²) in [5.74, 6) is 0.588. The quantitative estimate of drug-likeness (QED) is 0.661. The average Bonchev–Trinajstić information content (AvgIpc) is 2.64. The van der Waals surface area contributed by atoms with Gasteiger partial charge in [-0.2, -0.15) is 0 Å². The molecule has 25 heavy (non-hydrogen) atoms. The van der Waals surface area contributed by atoms with Crippen LogP contribution in [0.1, 0.15) is 27.8 Å². The zero-order valence-corrected chi connectivity index (χ0v) is 15.1. The lowest BCUT2D eigenvalue weighted by molar-refractivity contribution is 0.681. The maximum absolute atomic E-state index is 13.1. The highest BCUT2D eigenvalue weighted by Gasteiger charge is 2.13. The molecule has 0 aliphatic heterocycles. The molecule has 0 aromatic heterocycles. The highest BCUT2D eigenvalue weighted by Crippen LogP contribution is 2.23. The Kier molecular flexibility index (Phi) is 4.80. The molecule has 0 heterocycles. The van der Waals surface area contributed by atoms with E-state index in [4.69, 9.17) is 0 Å². The summed E-state index contributed by atoms with van der Waals surface area (Å²) < 4.78 is 13.1. The number of hydrogen-bond acceptors (Lipinski definition) is 1. The molecule has 4 bridgehead atoms. The lowest BCUT2D eigenvalue weighted by Gasteiger charge is -2.14. The Bertz CT molecular complexity index is 882. The summed E-state index contributed by atoms with van der Waals surface area (Å²) in [6.45, 7) is 0. The normalized spacial score (nSPS) is 14.7. The van der Waals surface area contributed by atoms with Crippen molar-refractivity contribution >= 4 is 10.8 Å². The maximum Gasteiger partial charge on any atom is 0.0577 e. The topological polar surface area (TPSA) is 17.1 Å². The van der Waals surface area contributed by atoms with Gasteiger partial charge in [-0.05, 0) is 59.6 Å². The zero-order valence-electron chi connectivity index (χ0n) is 14.3. The van der Waals surface area contributed by atoms with Crippen molar-refractivity contribution < 1.29 is 4.21 Å². The van der Waals surface area contributed by atoms with E-state index in [1.807, 2.05) is 18.2 Å². The molecule has 1 nitrogen and oxygen atoms in total. The van der Waals surface area contributed by atoms with Gasteiger partial charge in [-0.3, -0.25) is 4.21 Å². The lowest BCUT2D eigenvalue weighted by atomic mass is 9.97. The molecule has 0 saturated heterocycles. The molecular weight excluding hydrogens is 324 g/mol. The van der Waals surface area contributed by atoms with Gasteiger partial charge in [-0.1, -0.05) is 66.7 Å². The summed E-state index contributed by atoms with van der Waals surface area (Å²) >= 11 is 0. The summed E-state index contributed by atoms with van der Waals surface area (Å²) in [5, 5.41) is 0. The van der Waals surface area contributed by atoms with Gasteiger partial charge in [-0.15, -0.1) is 0 Å². The molecule has 0 fully saturated rings. The van der Waals surface area contributed by atoms with Crippen molar-refractivity contribution in [1.29, 1.82) is 0 Å². The van der Waals surface area contributed by atoms with Crippen LogP contribution >= 0.6 is 0 Å². The molecule has 1 unspecified atom stereocenters. The van der Waals surface area contributed by atoms with Gasteiger partial charge in [0.2, 0.25) is 0 Å². The summed E-state index contributed by atoms with van der Waals surface area (Å²) in [5.41, 5.74) is 6.37. The van der Waals surface area contributed by atoms with Crippen molar-refractivity contribution in [3.05, 3.63) is 101 Å². The van der Waals surface area contributed by atoms with Crippen molar-refractivity contribution in [1.82, 2.24) is 0 Å². The van der Waals surface area contributed by atoms with Gasteiger partial charge < -0.3 is 0 Å². The molecule has 0 radical (unpaired) electrons. The van der Waals surface area contributed by atoms with E-state index < -0.39 is 10.8 Å². The molecule has 1 atom stereocenters. The molecular formula is C23H22OS. The van der Waals surface area contributed by atoms with Crippen LogP contribution in [0.4, 0.5) is 0 Å². The van der Waals surface area contributed by atoms with Crippen LogP contribution < -0.4 is 0 Å². The molecule has 0 amide bonds. The fourth-order valence-electron chi connectivity index (χ4n) is 3.42. The van der Waals surface area contributed by atoms with Gasteiger partial charge in [-0.25, -0.2) is 0 Å². The second-order valence-corrected chi connectivity index (χ2v) is 8.15. The summed E-state index contributed by atoms with van der Waals surface area (Å²) in [6, 6.07) is 25.7. The van der Waals surface area contributed by atoms with Crippen LogP contribution in [-0.4, -0.2) is 4.21 Å². The first kappa shape index (κ1) is 16.3. The molecule has 4 aliphatic rings. The van der Waals surface area contributed by atoms with E-state index >= 15 is 0 Å². The largest absolute Gasteiger partial charge is 0.254 e. The Morgan fingerprint density at radius 2 is 1.28 bits per heavy atom. The fourth-order valence-corrected chi connectivity index (χ4v) is 4.81. The van der Waals surface area contributed by atoms with Crippen molar-refractivity contribution in [3.8, 4) is 0 Å². The average molecular weight is 346 g/mol. The third kappa shape index (κ3) is 3.91. The third-order valence-corrected chi connectivity index (χ3v) is 6.39. The van der Waals surface area contributed by atoms with Crippen LogP contribution in [0, 0.1) is 0 Å². The summed E-state index contributed by atoms with van der Waals surface area (Å²) in [6.07, 6.45) is 3.96. The number of rotatable bonds is 3.